The van der Waals surface area contributed by atoms with E-state index >= 15 is 0 Å². The van der Waals surface area contributed by atoms with E-state index in [9.17, 15) is 9.59 Å². The summed E-state index contributed by atoms with van der Waals surface area (Å²) in [6.07, 6.45) is 3.07. The molecule has 6 heteroatoms. The van der Waals surface area contributed by atoms with Crippen molar-refractivity contribution >= 4 is 38.6 Å². The van der Waals surface area contributed by atoms with Crippen molar-refractivity contribution in [1.29, 1.82) is 0 Å². The van der Waals surface area contributed by atoms with E-state index in [-0.39, 0.29) is 11.9 Å². The number of amides is 1. The van der Waals surface area contributed by atoms with Gasteiger partial charge in [0.2, 0.25) is 5.91 Å². The Bertz CT molecular complexity index is 882. The van der Waals surface area contributed by atoms with E-state index in [1.54, 1.807) is 24.4 Å². The third kappa shape index (κ3) is 4.64. The Kier molecular flexibility index (Phi) is 6.65. The molecule has 2 N–H and O–H groups in total. The van der Waals surface area contributed by atoms with Crippen LogP contribution in [0.2, 0.25) is 0 Å². The zero-order valence-electron chi connectivity index (χ0n) is 13.6. The van der Waals surface area contributed by atoms with Gasteiger partial charge < -0.3 is 10.5 Å². The molecule has 2 aromatic carbocycles. The summed E-state index contributed by atoms with van der Waals surface area (Å²) < 4.78 is 4.46. The molecule has 3 aromatic rings. The first kappa shape index (κ1) is 18.6. The summed E-state index contributed by atoms with van der Waals surface area (Å²) in [5, 5.41) is 2.76. The van der Waals surface area contributed by atoms with Crippen LogP contribution in [0.5, 0.6) is 0 Å². The highest BCUT2D eigenvalue weighted by molar-refractivity contribution is 9.08. The highest BCUT2D eigenvalue weighted by Crippen LogP contribution is 2.24. The predicted octanol–water partition coefficient (Wildman–Crippen LogP) is 3.70. The number of hydrogen-bond donors (Lipinski definition) is 1. The molecule has 0 aliphatic rings. The number of benzene rings is 2. The van der Waals surface area contributed by atoms with E-state index in [2.05, 4.69) is 25.7 Å². The molecule has 3 rings (SSSR count). The summed E-state index contributed by atoms with van der Waals surface area (Å²) in [4.78, 5) is 25.7. The van der Waals surface area contributed by atoms with Crippen LogP contribution in [0.25, 0.3) is 10.8 Å². The van der Waals surface area contributed by atoms with Gasteiger partial charge in [0.05, 0.1) is 12.7 Å². The fraction of sp³-hybridized carbons (Fsp3) is 0.105. The molecule has 0 saturated heterocycles. The molecular formula is C19H17BrN2O3. The molecule has 25 heavy (non-hydrogen) atoms. The van der Waals surface area contributed by atoms with Crippen molar-refractivity contribution in [3.8, 4) is 0 Å². The van der Waals surface area contributed by atoms with Gasteiger partial charge in [-0.1, -0.05) is 46.3 Å². The minimum Gasteiger partial charge on any atom is -0.465 e. The molecule has 0 radical (unpaired) electrons. The predicted molar refractivity (Wildman–Crippen MR) is 101 cm³/mol. The lowest BCUT2D eigenvalue weighted by molar-refractivity contribution is 0.0600. The Morgan fingerprint density at radius 3 is 2.36 bits per heavy atom. The number of esters is 1. The number of primary amides is 1. The van der Waals surface area contributed by atoms with Gasteiger partial charge in [0.15, 0.2) is 0 Å². The van der Waals surface area contributed by atoms with Gasteiger partial charge in [0, 0.05) is 23.3 Å². The number of carbonyl (C=O) groups excluding carboxylic acids is 2. The van der Waals surface area contributed by atoms with E-state index < -0.39 is 0 Å². The van der Waals surface area contributed by atoms with Gasteiger partial charge in [-0.3, -0.25) is 9.78 Å². The van der Waals surface area contributed by atoms with Crippen LogP contribution < -0.4 is 5.73 Å². The summed E-state index contributed by atoms with van der Waals surface area (Å²) in [6.45, 7) is 0. The van der Waals surface area contributed by atoms with Gasteiger partial charge in [0.25, 0.3) is 0 Å². The number of ether oxygens (including phenoxy) is 1. The topological polar surface area (TPSA) is 82.3 Å². The first-order chi connectivity index (χ1) is 12.1. The number of fused-ring (bicyclic) bond motifs is 1. The average Bonchev–Trinajstić information content (AvgIpc) is 2.67. The van der Waals surface area contributed by atoms with Crippen molar-refractivity contribution in [1.82, 2.24) is 4.98 Å². The molecule has 0 spiro atoms. The minimum atomic E-state index is -0.382. The Labute approximate surface area is 153 Å². The summed E-state index contributed by atoms with van der Waals surface area (Å²) in [5.74, 6) is -0.736. The molecule has 0 unspecified atom stereocenters. The zero-order valence-corrected chi connectivity index (χ0v) is 15.2. The molecule has 0 saturated carbocycles. The largest absolute Gasteiger partial charge is 0.465 e. The SMILES string of the molecule is COC(=O)c1cccnc1.NC(=O)c1ccc(CBr)c2ccccc12. The molecule has 5 nitrogen and oxygen atoms in total. The molecule has 0 aliphatic carbocycles. The third-order valence-corrected chi connectivity index (χ3v) is 4.11. The Morgan fingerprint density at radius 2 is 1.80 bits per heavy atom. The summed E-state index contributed by atoms with van der Waals surface area (Å²) in [5.41, 5.74) is 7.54. The number of pyridine rings is 1. The maximum absolute atomic E-state index is 11.2. The molecule has 1 aromatic heterocycles. The van der Waals surface area contributed by atoms with E-state index in [0.29, 0.717) is 11.1 Å². The Balaban J connectivity index is 0.000000196. The smallest absolute Gasteiger partial charge is 0.339 e. The van der Waals surface area contributed by atoms with Crippen LogP contribution in [0.4, 0.5) is 0 Å². The first-order valence-corrected chi connectivity index (χ1v) is 8.55. The van der Waals surface area contributed by atoms with Crippen LogP contribution in [0.3, 0.4) is 0 Å². The van der Waals surface area contributed by atoms with Gasteiger partial charge >= 0.3 is 5.97 Å². The lowest BCUT2D eigenvalue weighted by atomic mass is 10.0. The highest BCUT2D eigenvalue weighted by atomic mass is 79.9. The number of nitrogens with zero attached hydrogens (tertiary/aromatic N) is 1. The van der Waals surface area contributed by atoms with E-state index in [1.807, 2.05) is 30.3 Å². The maximum Gasteiger partial charge on any atom is 0.339 e. The fourth-order valence-corrected chi connectivity index (χ4v) is 2.78. The van der Waals surface area contributed by atoms with Gasteiger partial charge in [0.1, 0.15) is 0 Å². The van der Waals surface area contributed by atoms with Gasteiger partial charge in [-0.25, -0.2) is 4.79 Å². The number of methoxy groups -OCH3 is 1. The molecule has 128 valence electrons. The quantitative estimate of drug-likeness (QED) is 0.536. The normalized spacial score (nSPS) is 9.84. The Hall–Kier alpha value is -2.73. The highest BCUT2D eigenvalue weighted by Gasteiger charge is 2.08. The Morgan fingerprint density at radius 1 is 1.08 bits per heavy atom. The molecule has 1 heterocycles. The average molecular weight is 401 g/mol. The van der Waals surface area contributed by atoms with Crippen molar-refractivity contribution in [3.05, 3.63) is 77.6 Å². The molecule has 0 aliphatic heterocycles. The van der Waals surface area contributed by atoms with Gasteiger partial charge in [-0.05, 0) is 34.5 Å². The van der Waals surface area contributed by atoms with Crippen LogP contribution in [0.15, 0.2) is 60.9 Å². The van der Waals surface area contributed by atoms with Crippen LogP contribution in [0.1, 0.15) is 26.3 Å². The number of carbonyl (C=O) groups is 2. The maximum atomic E-state index is 11.2. The lowest BCUT2D eigenvalue weighted by Gasteiger charge is -2.06. The van der Waals surface area contributed by atoms with E-state index in [0.717, 1.165) is 21.7 Å². The standard InChI is InChI=1S/C12H10BrNO.C7H7NO2/c13-7-8-5-6-11(12(14)15)10-4-2-1-3-9(8)10;1-10-7(9)6-3-2-4-8-5-6/h1-6H,7H2,(H2,14,15);2-5H,1H3. The lowest BCUT2D eigenvalue weighted by Crippen LogP contribution is -2.11. The zero-order chi connectivity index (χ0) is 18.2. The van der Waals surface area contributed by atoms with Crippen LogP contribution >= 0.6 is 15.9 Å². The number of rotatable bonds is 3. The number of hydrogen-bond acceptors (Lipinski definition) is 4. The minimum absolute atomic E-state index is 0.354. The van der Waals surface area contributed by atoms with Crippen molar-refractivity contribution < 1.29 is 14.3 Å². The van der Waals surface area contributed by atoms with Crippen molar-refractivity contribution in [2.24, 2.45) is 5.73 Å². The summed E-state index contributed by atoms with van der Waals surface area (Å²) >= 11 is 3.42. The van der Waals surface area contributed by atoms with Crippen LogP contribution in [-0.2, 0) is 10.1 Å². The second kappa shape index (κ2) is 8.94. The molecule has 0 bridgehead atoms. The molecule has 0 atom stereocenters. The number of halogens is 1. The van der Waals surface area contributed by atoms with Gasteiger partial charge in [-0.15, -0.1) is 0 Å². The summed E-state index contributed by atoms with van der Waals surface area (Å²) in [7, 11) is 1.34. The second-order valence-electron chi connectivity index (χ2n) is 5.05. The van der Waals surface area contributed by atoms with E-state index in [4.69, 9.17) is 5.73 Å². The van der Waals surface area contributed by atoms with Gasteiger partial charge in [-0.2, -0.15) is 0 Å². The van der Waals surface area contributed by atoms with E-state index in [1.165, 1.54) is 13.3 Å². The monoisotopic (exact) mass is 400 g/mol. The number of aromatic nitrogens is 1. The third-order valence-electron chi connectivity index (χ3n) is 3.51. The molecule has 0 fully saturated rings. The van der Waals surface area contributed by atoms with Crippen LogP contribution in [0, 0.1) is 0 Å². The second-order valence-corrected chi connectivity index (χ2v) is 5.61. The molecular weight excluding hydrogens is 384 g/mol. The van der Waals surface area contributed by atoms with Crippen molar-refractivity contribution in [3.63, 3.8) is 0 Å². The number of nitrogens with two attached hydrogens (primary N) is 1. The molecule has 1 amide bonds. The number of alkyl halides is 1. The van der Waals surface area contributed by atoms with Crippen LogP contribution in [-0.4, -0.2) is 24.0 Å². The van der Waals surface area contributed by atoms with Crippen molar-refractivity contribution in [2.75, 3.05) is 7.11 Å². The fourth-order valence-electron chi connectivity index (χ4n) is 2.29. The first-order valence-electron chi connectivity index (χ1n) is 7.43. The van der Waals surface area contributed by atoms with Crippen molar-refractivity contribution in [2.45, 2.75) is 5.33 Å². The summed E-state index contributed by atoms with van der Waals surface area (Å²) in [6, 6.07) is 14.8.